The minimum absolute atomic E-state index is 0.0297. The first-order valence-electron chi connectivity index (χ1n) is 5.25. The Bertz CT molecular complexity index is 387. The topological polar surface area (TPSA) is 80.6 Å². The molecule has 0 radical (unpaired) electrons. The van der Waals surface area contributed by atoms with E-state index >= 15 is 0 Å². The molecule has 0 unspecified atom stereocenters. The number of methoxy groups -OCH3 is 1. The maximum atomic E-state index is 11.3. The van der Waals surface area contributed by atoms with E-state index in [0.29, 0.717) is 25.1 Å². The van der Waals surface area contributed by atoms with E-state index in [2.05, 4.69) is 15.4 Å². The van der Waals surface area contributed by atoms with Crippen molar-refractivity contribution < 1.29 is 18.7 Å². The second-order valence-electron chi connectivity index (χ2n) is 3.37. The summed E-state index contributed by atoms with van der Waals surface area (Å²) in [4.78, 5) is 22.2. The lowest BCUT2D eigenvalue weighted by atomic mass is 10.2. The van der Waals surface area contributed by atoms with Crippen molar-refractivity contribution in [3.63, 3.8) is 0 Å². The number of furan rings is 1. The average molecular weight is 240 g/mol. The number of ether oxygens (including phenoxy) is 1. The number of nitrogens with one attached hydrogen (secondary N) is 2. The third-order valence-corrected chi connectivity index (χ3v) is 2.24. The molecule has 0 atom stereocenters. The molecular weight excluding hydrogens is 224 g/mol. The van der Waals surface area contributed by atoms with Gasteiger partial charge in [-0.05, 0) is 6.07 Å². The lowest BCUT2D eigenvalue weighted by Gasteiger charge is -2.04. The smallest absolute Gasteiger partial charge is 0.374 e. The van der Waals surface area contributed by atoms with E-state index in [-0.39, 0.29) is 11.7 Å². The van der Waals surface area contributed by atoms with Crippen molar-refractivity contribution in [2.45, 2.75) is 13.0 Å². The van der Waals surface area contributed by atoms with Crippen molar-refractivity contribution in [3.8, 4) is 0 Å². The van der Waals surface area contributed by atoms with Gasteiger partial charge in [-0.3, -0.25) is 4.79 Å². The Morgan fingerprint density at radius 3 is 2.88 bits per heavy atom. The molecule has 0 spiro atoms. The van der Waals surface area contributed by atoms with E-state index in [9.17, 15) is 9.59 Å². The Kier molecular flexibility index (Phi) is 5.22. The lowest BCUT2D eigenvalue weighted by molar-refractivity contribution is -0.120. The number of carbonyl (C=O) groups excluding carboxylic acids is 2. The van der Waals surface area contributed by atoms with Crippen LogP contribution in [0, 0.1) is 0 Å². The lowest BCUT2D eigenvalue weighted by Crippen LogP contribution is -2.24. The van der Waals surface area contributed by atoms with Crippen LogP contribution >= 0.6 is 0 Å². The third kappa shape index (κ3) is 3.92. The fourth-order valence-corrected chi connectivity index (χ4v) is 1.30. The molecule has 0 bridgehead atoms. The number of rotatable bonds is 6. The van der Waals surface area contributed by atoms with Gasteiger partial charge in [-0.15, -0.1) is 0 Å². The summed E-state index contributed by atoms with van der Waals surface area (Å²) in [5, 5.41) is 5.57. The minimum atomic E-state index is -0.502. The number of esters is 1. The van der Waals surface area contributed by atoms with Crippen molar-refractivity contribution in [2.24, 2.45) is 0 Å². The average Bonchev–Trinajstić information content (AvgIpc) is 2.81. The summed E-state index contributed by atoms with van der Waals surface area (Å²) in [6, 6.07) is 1.69. The molecule has 0 aliphatic heterocycles. The van der Waals surface area contributed by atoms with Gasteiger partial charge < -0.3 is 19.8 Å². The van der Waals surface area contributed by atoms with E-state index in [1.807, 2.05) is 0 Å². The number of hydrogen-bond donors (Lipinski definition) is 2. The normalized spacial score (nSPS) is 10.0. The molecule has 0 aliphatic rings. The van der Waals surface area contributed by atoms with Crippen molar-refractivity contribution in [1.29, 1.82) is 0 Å². The molecule has 0 fully saturated rings. The van der Waals surface area contributed by atoms with Crippen molar-refractivity contribution in [2.75, 3.05) is 20.7 Å². The molecule has 94 valence electrons. The summed E-state index contributed by atoms with van der Waals surface area (Å²) in [6.07, 6.45) is 1.82. The highest BCUT2D eigenvalue weighted by Gasteiger charge is 2.15. The molecule has 6 nitrogen and oxygen atoms in total. The Labute approximate surface area is 99.3 Å². The second kappa shape index (κ2) is 6.70. The first-order valence-corrected chi connectivity index (χ1v) is 5.25. The van der Waals surface area contributed by atoms with Crippen LogP contribution in [0.15, 0.2) is 16.7 Å². The van der Waals surface area contributed by atoms with Gasteiger partial charge in [0, 0.05) is 32.1 Å². The standard InChI is InChI=1S/C11H16N2O4/c1-12-9(14)3-5-13-7-8-4-6-17-10(8)11(15)16-2/h4,6,13H,3,5,7H2,1-2H3,(H,12,14). The quantitative estimate of drug-likeness (QED) is 0.552. The van der Waals surface area contributed by atoms with Gasteiger partial charge >= 0.3 is 5.97 Å². The van der Waals surface area contributed by atoms with Crippen LogP contribution in [0.4, 0.5) is 0 Å². The Hall–Kier alpha value is -1.82. The third-order valence-electron chi connectivity index (χ3n) is 2.24. The number of amides is 1. The van der Waals surface area contributed by atoms with Crippen molar-refractivity contribution in [3.05, 3.63) is 23.7 Å². The van der Waals surface area contributed by atoms with Crippen LogP contribution in [-0.4, -0.2) is 32.6 Å². The summed E-state index contributed by atoms with van der Waals surface area (Å²) in [5.41, 5.74) is 0.716. The van der Waals surface area contributed by atoms with Gasteiger partial charge in [0.05, 0.1) is 13.4 Å². The first kappa shape index (κ1) is 13.2. The first-order chi connectivity index (χ1) is 8.19. The molecule has 17 heavy (non-hydrogen) atoms. The molecule has 0 saturated carbocycles. The molecule has 0 saturated heterocycles. The molecule has 1 amide bonds. The van der Waals surface area contributed by atoms with Gasteiger partial charge in [0.15, 0.2) is 0 Å². The highest BCUT2D eigenvalue weighted by molar-refractivity contribution is 5.87. The predicted octanol–water partition coefficient (Wildman–Crippen LogP) is 0.292. The van der Waals surface area contributed by atoms with Crippen LogP contribution in [0.3, 0.4) is 0 Å². The van der Waals surface area contributed by atoms with E-state index < -0.39 is 5.97 Å². The maximum Gasteiger partial charge on any atom is 0.374 e. The van der Waals surface area contributed by atoms with Crippen LogP contribution in [0.25, 0.3) is 0 Å². The van der Waals surface area contributed by atoms with E-state index in [0.717, 1.165) is 0 Å². The van der Waals surface area contributed by atoms with Gasteiger partial charge in [0.2, 0.25) is 11.7 Å². The van der Waals surface area contributed by atoms with E-state index in [4.69, 9.17) is 4.42 Å². The highest BCUT2D eigenvalue weighted by atomic mass is 16.5. The van der Waals surface area contributed by atoms with Crippen LogP contribution in [0.5, 0.6) is 0 Å². The summed E-state index contributed by atoms with van der Waals surface area (Å²) < 4.78 is 9.60. The summed E-state index contributed by atoms with van der Waals surface area (Å²) in [7, 11) is 2.89. The van der Waals surface area contributed by atoms with Gasteiger partial charge in [0.1, 0.15) is 0 Å². The molecule has 1 heterocycles. The zero-order chi connectivity index (χ0) is 12.7. The summed E-state index contributed by atoms with van der Waals surface area (Å²) in [5.74, 6) is -0.337. The summed E-state index contributed by atoms with van der Waals surface area (Å²) in [6.45, 7) is 0.989. The van der Waals surface area contributed by atoms with Crippen molar-refractivity contribution >= 4 is 11.9 Å². The monoisotopic (exact) mass is 240 g/mol. The molecular formula is C11H16N2O4. The van der Waals surface area contributed by atoms with Gasteiger partial charge in [0.25, 0.3) is 0 Å². The van der Waals surface area contributed by atoms with Gasteiger partial charge in [-0.2, -0.15) is 0 Å². The molecule has 2 N–H and O–H groups in total. The van der Waals surface area contributed by atoms with E-state index in [1.54, 1.807) is 13.1 Å². The fourth-order valence-electron chi connectivity index (χ4n) is 1.30. The number of hydrogen-bond acceptors (Lipinski definition) is 5. The van der Waals surface area contributed by atoms with Crippen molar-refractivity contribution in [1.82, 2.24) is 10.6 Å². The Morgan fingerprint density at radius 2 is 2.24 bits per heavy atom. The van der Waals surface area contributed by atoms with Crippen LogP contribution < -0.4 is 10.6 Å². The van der Waals surface area contributed by atoms with E-state index in [1.165, 1.54) is 13.4 Å². The fraction of sp³-hybridized carbons (Fsp3) is 0.455. The SMILES string of the molecule is CNC(=O)CCNCc1ccoc1C(=O)OC. The summed E-state index contributed by atoms with van der Waals surface area (Å²) >= 11 is 0. The zero-order valence-electron chi connectivity index (χ0n) is 9.91. The zero-order valence-corrected chi connectivity index (χ0v) is 9.91. The molecule has 0 aromatic carbocycles. The second-order valence-corrected chi connectivity index (χ2v) is 3.37. The number of carbonyl (C=O) groups is 2. The van der Waals surface area contributed by atoms with Gasteiger partial charge in [-0.25, -0.2) is 4.79 Å². The molecule has 1 aromatic rings. The Balaban J connectivity index is 2.39. The maximum absolute atomic E-state index is 11.3. The molecule has 0 aliphatic carbocycles. The highest BCUT2D eigenvalue weighted by Crippen LogP contribution is 2.11. The van der Waals surface area contributed by atoms with Crippen LogP contribution in [0.1, 0.15) is 22.5 Å². The van der Waals surface area contributed by atoms with Crippen LogP contribution in [-0.2, 0) is 16.1 Å². The van der Waals surface area contributed by atoms with Gasteiger partial charge in [-0.1, -0.05) is 0 Å². The van der Waals surface area contributed by atoms with Crippen LogP contribution in [0.2, 0.25) is 0 Å². The molecule has 1 aromatic heterocycles. The molecule has 6 heteroatoms. The Morgan fingerprint density at radius 1 is 1.47 bits per heavy atom. The minimum Gasteiger partial charge on any atom is -0.463 e. The molecule has 1 rings (SSSR count). The largest absolute Gasteiger partial charge is 0.463 e. The predicted molar refractivity (Wildman–Crippen MR) is 60.4 cm³/mol.